The van der Waals surface area contributed by atoms with Gasteiger partial charge in [0.2, 0.25) is 0 Å². The molecule has 2 atom stereocenters. The van der Waals surface area contributed by atoms with Gasteiger partial charge in [0.1, 0.15) is 17.1 Å². The van der Waals surface area contributed by atoms with E-state index in [-0.39, 0.29) is 5.60 Å². The van der Waals surface area contributed by atoms with Gasteiger partial charge in [-0.05, 0) is 56.9 Å². The second-order valence-corrected chi connectivity index (χ2v) is 9.70. The molecule has 0 amide bonds. The number of hydrogen-bond donors (Lipinski definition) is 1. The number of phenolic OH excluding ortho intramolecular Hbond substituents is 1. The lowest BCUT2D eigenvalue weighted by atomic mass is 9.84. The van der Waals surface area contributed by atoms with Gasteiger partial charge in [-0.15, -0.1) is 0 Å². The highest BCUT2D eigenvalue weighted by Crippen LogP contribution is 2.46. The smallest absolute Gasteiger partial charge is 0.131 e. The number of rotatable bonds is 8. The number of fused-ring (bicyclic) bond motifs is 3. The molecule has 2 nitrogen and oxygen atoms in total. The number of ether oxygens (including phenoxy) is 1. The summed E-state index contributed by atoms with van der Waals surface area (Å²) in [6.07, 6.45) is 9.69. The third-order valence-corrected chi connectivity index (χ3v) is 6.64. The summed E-state index contributed by atoms with van der Waals surface area (Å²) in [5, 5.41) is 12.6. The van der Waals surface area contributed by atoms with Gasteiger partial charge in [-0.2, -0.15) is 0 Å². The minimum absolute atomic E-state index is 0.100. The average molecular weight is 383 g/mol. The van der Waals surface area contributed by atoms with Crippen LogP contribution in [0.3, 0.4) is 0 Å². The summed E-state index contributed by atoms with van der Waals surface area (Å²) in [7, 11) is 0. The molecule has 2 aromatic carbocycles. The molecule has 0 saturated carbocycles. The van der Waals surface area contributed by atoms with Gasteiger partial charge in [-0.1, -0.05) is 70.7 Å². The van der Waals surface area contributed by atoms with Crippen LogP contribution in [0.25, 0.3) is 10.8 Å². The van der Waals surface area contributed by atoms with Crippen molar-refractivity contribution in [3.63, 3.8) is 0 Å². The summed E-state index contributed by atoms with van der Waals surface area (Å²) in [5.74, 6) is 3.04. The first kappa shape index (κ1) is 21.0. The van der Waals surface area contributed by atoms with Gasteiger partial charge in [-0.25, -0.2) is 0 Å². The molecule has 1 aliphatic rings. The molecule has 154 valence electrons. The van der Waals surface area contributed by atoms with Crippen LogP contribution in [-0.2, 0) is 6.42 Å². The fraction of sp³-hybridized carbons (Fsp3) is 0.615. The molecule has 0 radical (unpaired) electrons. The Kier molecular flexibility index (Phi) is 6.58. The highest BCUT2D eigenvalue weighted by Gasteiger charge is 2.34. The Morgan fingerprint density at radius 3 is 2.43 bits per heavy atom. The van der Waals surface area contributed by atoms with E-state index in [1.165, 1.54) is 37.7 Å². The van der Waals surface area contributed by atoms with Crippen molar-refractivity contribution in [2.24, 2.45) is 11.8 Å². The van der Waals surface area contributed by atoms with Crippen molar-refractivity contribution < 1.29 is 9.84 Å². The van der Waals surface area contributed by atoms with Crippen molar-refractivity contribution >= 4 is 10.8 Å². The van der Waals surface area contributed by atoms with Gasteiger partial charge >= 0.3 is 0 Å². The normalized spacial score (nSPS) is 20.2. The van der Waals surface area contributed by atoms with Crippen LogP contribution in [0.5, 0.6) is 11.5 Å². The van der Waals surface area contributed by atoms with Crippen molar-refractivity contribution in [1.29, 1.82) is 0 Å². The molecule has 1 aliphatic heterocycles. The Morgan fingerprint density at radius 1 is 1.04 bits per heavy atom. The van der Waals surface area contributed by atoms with E-state index in [1.54, 1.807) is 0 Å². The molecule has 2 unspecified atom stereocenters. The largest absolute Gasteiger partial charge is 0.507 e. The van der Waals surface area contributed by atoms with E-state index in [0.29, 0.717) is 5.75 Å². The molecule has 0 aliphatic carbocycles. The second kappa shape index (κ2) is 8.76. The van der Waals surface area contributed by atoms with E-state index in [9.17, 15) is 5.11 Å². The maximum Gasteiger partial charge on any atom is 0.131 e. The predicted molar refractivity (Wildman–Crippen MR) is 119 cm³/mol. The monoisotopic (exact) mass is 382 g/mol. The van der Waals surface area contributed by atoms with Crippen LogP contribution in [-0.4, -0.2) is 10.7 Å². The lowest BCUT2D eigenvalue weighted by Gasteiger charge is -2.37. The van der Waals surface area contributed by atoms with E-state index >= 15 is 0 Å². The van der Waals surface area contributed by atoms with Gasteiger partial charge < -0.3 is 9.84 Å². The van der Waals surface area contributed by atoms with E-state index in [2.05, 4.69) is 33.8 Å². The first-order valence-corrected chi connectivity index (χ1v) is 11.2. The molecule has 3 rings (SSSR count). The van der Waals surface area contributed by atoms with Crippen molar-refractivity contribution in [2.75, 3.05) is 0 Å². The molecular formula is C26H38O2. The molecule has 2 aromatic rings. The van der Waals surface area contributed by atoms with E-state index in [1.807, 2.05) is 25.1 Å². The van der Waals surface area contributed by atoms with E-state index in [4.69, 9.17) is 4.74 Å². The molecule has 0 spiro atoms. The number of phenols is 1. The maximum absolute atomic E-state index is 10.6. The van der Waals surface area contributed by atoms with Gasteiger partial charge in [-0.3, -0.25) is 0 Å². The molecular weight excluding hydrogens is 344 g/mol. The van der Waals surface area contributed by atoms with Crippen LogP contribution < -0.4 is 4.74 Å². The van der Waals surface area contributed by atoms with Gasteiger partial charge in [0, 0.05) is 16.3 Å². The fourth-order valence-corrected chi connectivity index (χ4v) is 4.69. The summed E-state index contributed by atoms with van der Waals surface area (Å²) in [5.41, 5.74) is 2.07. The Morgan fingerprint density at radius 2 is 1.71 bits per heavy atom. The first-order valence-electron chi connectivity index (χ1n) is 11.2. The zero-order chi connectivity index (χ0) is 20.3. The van der Waals surface area contributed by atoms with Crippen LogP contribution in [0.1, 0.15) is 83.8 Å². The van der Waals surface area contributed by atoms with E-state index in [0.717, 1.165) is 53.2 Å². The summed E-state index contributed by atoms with van der Waals surface area (Å²) in [6, 6.07) is 8.09. The third kappa shape index (κ3) is 4.64. The minimum Gasteiger partial charge on any atom is -0.507 e. The zero-order valence-corrected chi connectivity index (χ0v) is 18.5. The highest BCUT2D eigenvalue weighted by molar-refractivity contribution is 5.95. The number of hydrogen-bond acceptors (Lipinski definition) is 2. The van der Waals surface area contributed by atoms with Crippen molar-refractivity contribution in [3.8, 4) is 11.5 Å². The molecule has 0 aromatic heterocycles. The van der Waals surface area contributed by atoms with Crippen LogP contribution in [0.4, 0.5) is 0 Å². The topological polar surface area (TPSA) is 29.5 Å². The highest BCUT2D eigenvalue weighted by atomic mass is 16.5. The van der Waals surface area contributed by atoms with Gasteiger partial charge in [0.15, 0.2) is 0 Å². The molecule has 2 heteroatoms. The summed E-state index contributed by atoms with van der Waals surface area (Å²) >= 11 is 0. The third-order valence-electron chi connectivity index (χ3n) is 6.64. The standard InChI is InChI=1S/C26H38O2/c1-18(2)10-8-11-19(3)12-9-16-26(5)17-15-21-20(4)24(27)22-13-6-7-14-23(22)25(21)28-26/h6-7,13-14,18-19,27H,8-12,15-17H2,1-5H3. The first-order chi connectivity index (χ1) is 13.3. The zero-order valence-electron chi connectivity index (χ0n) is 18.5. The molecule has 28 heavy (non-hydrogen) atoms. The number of aromatic hydroxyl groups is 1. The second-order valence-electron chi connectivity index (χ2n) is 9.70. The Balaban J connectivity index is 1.65. The van der Waals surface area contributed by atoms with Crippen LogP contribution >= 0.6 is 0 Å². The van der Waals surface area contributed by atoms with Crippen LogP contribution in [0.15, 0.2) is 24.3 Å². The quantitative estimate of drug-likeness (QED) is 0.510. The summed E-state index contributed by atoms with van der Waals surface area (Å²) < 4.78 is 6.65. The van der Waals surface area contributed by atoms with Crippen LogP contribution in [0, 0.1) is 18.8 Å². The summed E-state index contributed by atoms with van der Waals surface area (Å²) in [4.78, 5) is 0. The molecule has 1 N–H and O–H groups in total. The fourth-order valence-electron chi connectivity index (χ4n) is 4.69. The maximum atomic E-state index is 10.6. The lowest BCUT2D eigenvalue weighted by Crippen LogP contribution is -2.36. The Bertz CT molecular complexity index is 808. The van der Waals surface area contributed by atoms with Crippen molar-refractivity contribution in [1.82, 2.24) is 0 Å². The molecule has 0 fully saturated rings. The summed E-state index contributed by atoms with van der Waals surface area (Å²) in [6.45, 7) is 11.3. The van der Waals surface area contributed by atoms with Gasteiger partial charge in [0.05, 0.1) is 0 Å². The lowest BCUT2D eigenvalue weighted by molar-refractivity contribution is 0.0540. The van der Waals surface area contributed by atoms with Crippen LogP contribution in [0.2, 0.25) is 0 Å². The SMILES string of the molecule is Cc1c2c(c3ccccc3c1O)OC(C)(CCCC(C)CCCC(C)C)CC2. The van der Waals surface area contributed by atoms with Crippen molar-refractivity contribution in [3.05, 3.63) is 35.4 Å². The Hall–Kier alpha value is -1.70. The molecule has 0 saturated heterocycles. The molecule has 0 bridgehead atoms. The average Bonchev–Trinajstić information content (AvgIpc) is 2.65. The predicted octanol–water partition coefficient (Wildman–Crippen LogP) is 7.57. The minimum atomic E-state index is -0.100. The Labute approximate surface area is 171 Å². The van der Waals surface area contributed by atoms with E-state index < -0.39 is 0 Å². The molecule has 1 heterocycles. The van der Waals surface area contributed by atoms with Gasteiger partial charge in [0.25, 0.3) is 0 Å². The number of benzene rings is 2. The van der Waals surface area contributed by atoms with Crippen molar-refractivity contribution in [2.45, 2.75) is 91.6 Å².